The van der Waals surface area contributed by atoms with Crippen molar-refractivity contribution in [2.45, 2.75) is 38.9 Å². The Kier molecular flexibility index (Phi) is 5.15. The Morgan fingerprint density at radius 3 is 2.54 bits per heavy atom. The van der Waals surface area contributed by atoms with Crippen molar-refractivity contribution < 1.29 is 9.22 Å². The zero-order chi connectivity index (χ0) is 18.1. The molecule has 0 unspecified atom stereocenters. The molecule has 0 saturated heterocycles. The summed E-state index contributed by atoms with van der Waals surface area (Å²) < 4.78 is 7.32. The summed E-state index contributed by atoms with van der Waals surface area (Å²) in [5, 5.41) is 0.0511. The van der Waals surface area contributed by atoms with E-state index >= 15 is 0 Å². The molecule has 0 aliphatic carbocycles. The highest BCUT2D eigenvalue weighted by molar-refractivity contribution is 9.10. The van der Waals surface area contributed by atoms with Crippen molar-refractivity contribution in [3.8, 4) is 17.0 Å². The molecule has 24 heavy (non-hydrogen) atoms. The Bertz CT molecular complexity index is 773. The van der Waals surface area contributed by atoms with E-state index in [1.54, 1.807) is 0 Å². The second-order valence-electron chi connectivity index (χ2n) is 7.15. The summed E-state index contributed by atoms with van der Waals surface area (Å²) in [4.78, 5) is 19.5. The molecule has 0 aliphatic rings. The topological polar surface area (TPSA) is 78.1 Å². The van der Waals surface area contributed by atoms with Gasteiger partial charge in [0.2, 0.25) is 5.95 Å². The van der Waals surface area contributed by atoms with Gasteiger partial charge < -0.3 is 10.2 Å². The van der Waals surface area contributed by atoms with E-state index in [1.165, 1.54) is 6.20 Å². The summed E-state index contributed by atoms with van der Waals surface area (Å²) >= 11 is 3.47. The van der Waals surface area contributed by atoms with Crippen LogP contribution in [0.1, 0.15) is 31.1 Å². The fourth-order valence-corrected chi connectivity index (χ4v) is 3.31. The number of carbonyl (C=O) groups excluding carboxylic acids is 1. The number of carbonyl (C=O) groups is 1. The lowest BCUT2D eigenvalue weighted by molar-refractivity contribution is 0.112. The van der Waals surface area contributed by atoms with Crippen molar-refractivity contribution >= 4 is 36.5 Å². The van der Waals surface area contributed by atoms with Gasteiger partial charge in [-0.3, -0.25) is 4.79 Å². The number of aromatic nitrogens is 2. The van der Waals surface area contributed by atoms with Gasteiger partial charge in [-0.15, -0.1) is 0 Å². The van der Waals surface area contributed by atoms with Gasteiger partial charge in [-0.1, -0.05) is 36.7 Å². The van der Waals surface area contributed by atoms with E-state index < -0.39 is 8.32 Å². The summed E-state index contributed by atoms with van der Waals surface area (Å²) in [6, 6.07) is 5.70. The van der Waals surface area contributed by atoms with Gasteiger partial charge in [0, 0.05) is 16.2 Å². The van der Waals surface area contributed by atoms with Gasteiger partial charge in [0.25, 0.3) is 8.32 Å². The van der Waals surface area contributed by atoms with Crippen LogP contribution in [0.4, 0.5) is 5.95 Å². The lowest BCUT2D eigenvalue weighted by atomic mass is 10.1. The minimum atomic E-state index is -2.05. The number of nitrogen functional groups attached to an aromatic ring is 1. The van der Waals surface area contributed by atoms with Crippen LogP contribution >= 0.6 is 15.9 Å². The Labute approximate surface area is 151 Å². The lowest BCUT2D eigenvalue weighted by Crippen LogP contribution is -2.44. The predicted octanol–water partition coefficient (Wildman–Crippen LogP) is 4.68. The maximum absolute atomic E-state index is 11.4. The molecule has 2 N–H and O–H groups in total. The zero-order valence-electron chi connectivity index (χ0n) is 14.6. The van der Waals surface area contributed by atoms with Crippen LogP contribution < -0.4 is 10.2 Å². The highest BCUT2D eigenvalue weighted by atomic mass is 79.9. The molecule has 0 saturated carbocycles. The van der Waals surface area contributed by atoms with Crippen LogP contribution in [-0.2, 0) is 0 Å². The van der Waals surface area contributed by atoms with E-state index in [0.29, 0.717) is 17.0 Å². The third-order valence-electron chi connectivity index (χ3n) is 4.33. The van der Waals surface area contributed by atoms with Crippen LogP contribution in [0.3, 0.4) is 0 Å². The minimum absolute atomic E-state index is 0.0511. The number of benzene rings is 1. The van der Waals surface area contributed by atoms with E-state index in [2.05, 4.69) is 59.8 Å². The number of anilines is 1. The molecule has 0 fully saturated rings. The fraction of sp³-hybridized carbons (Fsp3) is 0.353. The molecule has 7 heteroatoms. The van der Waals surface area contributed by atoms with E-state index in [4.69, 9.17) is 10.2 Å². The van der Waals surface area contributed by atoms with E-state index in [0.717, 1.165) is 16.3 Å². The number of halogens is 1. The van der Waals surface area contributed by atoms with Crippen LogP contribution in [0.2, 0.25) is 18.1 Å². The molecular formula is C17H22BrN3O2Si. The molecule has 0 atom stereocenters. The monoisotopic (exact) mass is 407 g/mol. The maximum Gasteiger partial charge on any atom is 0.250 e. The molecule has 0 aliphatic heterocycles. The Hall–Kier alpha value is -1.73. The number of nitrogens with zero attached hydrogens (tertiary/aromatic N) is 2. The summed E-state index contributed by atoms with van der Waals surface area (Å²) in [6.45, 7) is 10.9. The average molecular weight is 408 g/mol. The summed E-state index contributed by atoms with van der Waals surface area (Å²) in [6.07, 6.45) is 2.16. The smallest absolute Gasteiger partial charge is 0.250 e. The van der Waals surface area contributed by atoms with Gasteiger partial charge in [0.1, 0.15) is 5.75 Å². The van der Waals surface area contributed by atoms with Crippen LogP contribution in [0.25, 0.3) is 11.3 Å². The summed E-state index contributed by atoms with van der Waals surface area (Å²) in [5.41, 5.74) is 7.31. The van der Waals surface area contributed by atoms with Crippen LogP contribution in [-0.4, -0.2) is 24.6 Å². The van der Waals surface area contributed by atoms with Crippen LogP contribution in [0, 0.1) is 0 Å². The molecule has 0 bridgehead atoms. The Morgan fingerprint density at radius 2 is 1.96 bits per heavy atom. The van der Waals surface area contributed by atoms with Crippen molar-refractivity contribution in [2.75, 3.05) is 5.73 Å². The van der Waals surface area contributed by atoms with Crippen molar-refractivity contribution in [3.05, 3.63) is 34.4 Å². The van der Waals surface area contributed by atoms with Gasteiger partial charge in [-0.25, -0.2) is 9.97 Å². The van der Waals surface area contributed by atoms with E-state index in [1.807, 2.05) is 18.2 Å². The second kappa shape index (κ2) is 6.64. The van der Waals surface area contributed by atoms with Crippen LogP contribution in [0.5, 0.6) is 5.75 Å². The van der Waals surface area contributed by atoms with Crippen molar-refractivity contribution in [1.82, 2.24) is 9.97 Å². The largest absolute Gasteiger partial charge is 0.543 e. The molecule has 5 nitrogen and oxygen atoms in total. The molecular weight excluding hydrogens is 386 g/mol. The lowest BCUT2D eigenvalue weighted by Gasteiger charge is -2.37. The number of nitrogens with two attached hydrogens (primary N) is 1. The van der Waals surface area contributed by atoms with Crippen molar-refractivity contribution in [3.63, 3.8) is 0 Å². The SMILES string of the molecule is CC(C)(C)[Si](C)(C)Oc1ccc(Br)cc1-c1nc(N)ncc1C=O. The van der Waals surface area contributed by atoms with Gasteiger partial charge in [0.05, 0.1) is 11.3 Å². The van der Waals surface area contributed by atoms with Gasteiger partial charge >= 0.3 is 0 Å². The highest BCUT2D eigenvalue weighted by Gasteiger charge is 2.39. The average Bonchev–Trinajstić information content (AvgIpc) is 2.47. The quantitative estimate of drug-likeness (QED) is 0.587. The molecule has 2 aromatic rings. The third kappa shape index (κ3) is 3.84. The first-order valence-electron chi connectivity index (χ1n) is 7.62. The van der Waals surface area contributed by atoms with Crippen LogP contribution in [0.15, 0.2) is 28.9 Å². The Morgan fingerprint density at radius 1 is 1.29 bits per heavy atom. The molecule has 2 rings (SSSR count). The minimum Gasteiger partial charge on any atom is -0.543 e. The normalized spacial score (nSPS) is 12.1. The number of aldehydes is 1. The number of hydrogen-bond donors (Lipinski definition) is 1. The first-order chi connectivity index (χ1) is 11.0. The van der Waals surface area contributed by atoms with Crippen molar-refractivity contribution in [2.24, 2.45) is 0 Å². The van der Waals surface area contributed by atoms with Crippen molar-refractivity contribution in [1.29, 1.82) is 0 Å². The molecule has 0 radical (unpaired) electrons. The highest BCUT2D eigenvalue weighted by Crippen LogP contribution is 2.41. The standard InChI is InChI=1S/C17H22BrN3O2Si/c1-17(2,3)24(4,5)23-14-7-6-12(18)8-13(14)15-11(10-22)9-20-16(19)21-15/h6-10H,1-5H3,(H2,19,20,21). The predicted molar refractivity (Wildman–Crippen MR) is 103 cm³/mol. The zero-order valence-corrected chi connectivity index (χ0v) is 17.1. The van der Waals surface area contributed by atoms with Gasteiger partial charge in [-0.2, -0.15) is 0 Å². The number of rotatable bonds is 4. The van der Waals surface area contributed by atoms with E-state index in [9.17, 15) is 4.79 Å². The molecule has 128 valence electrons. The second-order valence-corrected chi connectivity index (χ2v) is 12.8. The fourth-order valence-electron chi connectivity index (χ4n) is 1.91. The van der Waals surface area contributed by atoms with E-state index in [-0.39, 0.29) is 11.0 Å². The third-order valence-corrected chi connectivity index (χ3v) is 9.17. The van der Waals surface area contributed by atoms with Gasteiger partial charge in [-0.05, 0) is 36.3 Å². The first-order valence-corrected chi connectivity index (χ1v) is 11.3. The summed E-state index contributed by atoms with van der Waals surface area (Å²) in [7, 11) is -2.05. The number of hydrogen-bond acceptors (Lipinski definition) is 5. The van der Waals surface area contributed by atoms with Gasteiger partial charge in [0.15, 0.2) is 6.29 Å². The molecule has 1 aromatic carbocycles. The summed E-state index contributed by atoms with van der Waals surface area (Å²) in [5.74, 6) is 0.819. The molecule has 0 amide bonds. The molecule has 0 spiro atoms. The first kappa shape index (κ1) is 18.6. The maximum atomic E-state index is 11.4. The molecule has 1 heterocycles. The Balaban J connectivity index is 2.62. The molecule has 1 aromatic heterocycles.